The van der Waals surface area contributed by atoms with Crippen molar-refractivity contribution in [3.8, 4) is 11.3 Å². The molecule has 0 aliphatic carbocycles. The number of hydrogen-bond donors (Lipinski definition) is 0. The molecule has 18 heavy (non-hydrogen) atoms. The first-order valence-corrected chi connectivity index (χ1v) is 5.12. The van der Waals surface area contributed by atoms with E-state index in [2.05, 4.69) is 4.98 Å². The summed E-state index contributed by atoms with van der Waals surface area (Å²) >= 11 is 5.60. The third-order valence-electron chi connectivity index (χ3n) is 2.19. The first kappa shape index (κ1) is 12.4. The highest BCUT2D eigenvalue weighted by atomic mass is 35.5. The highest BCUT2D eigenvalue weighted by Gasteiger charge is 2.14. The average molecular weight is 271 g/mol. The van der Waals surface area contributed by atoms with Crippen LogP contribution in [0.2, 0.25) is 5.15 Å². The minimum absolute atomic E-state index is 0.0915. The van der Waals surface area contributed by atoms with Gasteiger partial charge in [-0.2, -0.15) is 0 Å². The van der Waals surface area contributed by atoms with E-state index in [-0.39, 0.29) is 22.1 Å². The highest BCUT2D eigenvalue weighted by molar-refractivity contribution is 6.29. The number of pyridine rings is 1. The van der Waals surface area contributed by atoms with Gasteiger partial charge in [-0.1, -0.05) is 11.6 Å². The van der Waals surface area contributed by atoms with Crippen LogP contribution in [0.15, 0.2) is 30.3 Å². The largest absolute Gasteiger partial charge is 0.274 e. The van der Waals surface area contributed by atoms with Gasteiger partial charge in [-0.25, -0.2) is 13.8 Å². The second-order valence-electron chi connectivity index (χ2n) is 3.41. The summed E-state index contributed by atoms with van der Waals surface area (Å²) in [4.78, 5) is 13.7. The van der Waals surface area contributed by atoms with Gasteiger partial charge in [0.1, 0.15) is 16.8 Å². The second kappa shape index (κ2) is 4.66. The Morgan fingerprint density at radius 2 is 1.94 bits per heavy atom. The first-order chi connectivity index (χ1) is 8.47. The van der Waals surface area contributed by atoms with Crippen molar-refractivity contribution in [2.24, 2.45) is 0 Å². The van der Waals surface area contributed by atoms with E-state index in [1.54, 1.807) is 0 Å². The van der Waals surface area contributed by atoms with Crippen LogP contribution in [0.25, 0.3) is 11.3 Å². The van der Waals surface area contributed by atoms with Gasteiger partial charge in [0.05, 0.1) is 16.7 Å². The van der Waals surface area contributed by atoms with Crippen molar-refractivity contribution >= 4 is 17.3 Å². The molecular weight excluding hydrogens is 266 g/mol. The Hall–Kier alpha value is -2.08. The molecule has 0 N–H and O–H groups in total. The molecule has 0 aliphatic heterocycles. The topological polar surface area (TPSA) is 56.0 Å². The van der Waals surface area contributed by atoms with E-state index in [1.807, 2.05) is 0 Å². The molecule has 0 spiro atoms. The van der Waals surface area contributed by atoms with Gasteiger partial charge in [0.15, 0.2) is 0 Å². The van der Waals surface area contributed by atoms with Gasteiger partial charge >= 0.3 is 0 Å². The third kappa shape index (κ3) is 2.43. The van der Waals surface area contributed by atoms with Crippen LogP contribution in [-0.4, -0.2) is 9.91 Å². The zero-order valence-electron chi connectivity index (χ0n) is 8.73. The van der Waals surface area contributed by atoms with Crippen LogP contribution in [-0.2, 0) is 0 Å². The Balaban J connectivity index is 2.63. The van der Waals surface area contributed by atoms with Crippen molar-refractivity contribution in [1.82, 2.24) is 4.98 Å². The van der Waals surface area contributed by atoms with E-state index < -0.39 is 16.6 Å². The van der Waals surface area contributed by atoms with Crippen molar-refractivity contribution in [2.45, 2.75) is 0 Å². The molecule has 0 atom stereocenters. The van der Waals surface area contributed by atoms with Gasteiger partial charge in [0.2, 0.25) is 0 Å². The molecule has 0 amide bonds. The van der Waals surface area contributed by atoms with E-state index in [1.165, 1.54) is 0 Å². The van der Waals surface area contributed by atoms with Crippen molar-refractivity contribution < 1.29 is 13.7 Å². The van der Waals surface area contributed by atoms with Gasteiger partial charge < -0.3 is 0 Å². The smallest absolute Gasteiger partial charge is 0.258 e. The lowest BCUT2D eigenvalue weighted by molar-refractivity contribution is -0.384. The summed E-state index contributed by atoms with van der Waals surface area (Å²) in [7, 11) is 0. The summed E-state index contributed by atoms with van der Waals surface area (Å²) in [5, 5.41) is 10.5. The predicted molar refractivity (Wildman–Crippen MR) is 61.3 cm³/mol. The van der Waals surface area contributed by atoms with Gasteiger partial charge in [-0.3, -0.25) is 10.1 Å². The number of rotatable bonds is 2. The van der Waals surface area contributed by atoms with Gasteiger partial charge in [-0.05, 0) is 18.2 Å². The van der Waals surface area contributed by atoms with E-state index in [0.29, 0.717) is 0 Å². The lowest BCUT2D eigenvalue weighted by atomic mass is 10.1. The molecule has 1 aromatic carbocycles. The molecule has 2 aromatic rings. The second-order valence-corrected chi connectivity index (χ2v) is 3.80. The number of aromatic nitrogens is 1. The fourth-order valence-corrected chi connectivity index (χ4v) is 1.62. The normalized spacial score (nSPS) is 10.4. The SMILES string of the molecule is O=[N+]([O-])c1cc(Cl)nc(-c2cc(F)ccc2F)c1. The van der Waals surface area contributed by atoms with Gasteiger partial charge in [0.25, 0.3) is 5.69 Å². The van der Waals surface area contributed by atoms with E-state index in [0.717, 1.165) is 30.3 Å². The average Bonchev–Trinajstić information content (AvgIpc) is 2.31. The lowest BCUT2D eigenvalue weighted by Gasteiger charge is -2.03. The van der Waals surface area contributed by atoms with Gasteiger partial charge in [0, 0.05) is 11.6 Å². The van der Waals surface area contributed by atoms with Crippen molar-refractivity contribution in [1.29, 1.82) is 0 Å². The number of benzene rings is 1. The molecule has 1 heterocycles. The number of hydrogen-bond acceptors (Lipinski definition) is 3. The summed E-state index contributed by atoms with van der Waals surface area (Å²) in [6.45, 7) is 0. The Morgan fingerprint density at radius 1 is 1.22 bits per heavy atom. The minimum Gasteiger partial charge on any atom is -0.258 e. The predicted octanol–water partition coefficient (Wildman–Crippen LogP) is 3.59. The summed E-state index contributed by atoms with van der Waals surface area (Å²) in [5.41, 5.74) is -0.611. The Morgan fingerprint density at radius 3 is 2.61 bits per heavy atom. The van der Waals surface area contributed by atoms with Crippen LogP contribution < -0.4 is 0 Å². The zero-order valence-corrected chi connectivity index (χ0v) is 9.49. The maximum absolute atomic E-state index is 13.5. The molecule has 0 saturated heterocycles. The van der Waals surface area contributed by atoms with Crippen LogP contribution in [0.1, 0.15) is 0 Å². The Kier molecular flexibility index (Phi) is 3.20. The standard InChI is InChI=1S/C11H5ClF2N2O2/c12-11-5-7(16(17)18)4-10(15-11)8-3-6(13)1-2-9(8)14/h1-5H. The molecule has 0 unspecified atom stereocenters. The maximum atomic E-state index is 13.5. The Bertz CT molecular complexity index is 634. The van der Waals surface area contributed by atoms with Crippen LogP contribution in [0.3, 0.4) is 0 Å². The molecule has 0 aliphatic rings. The Labute approximate surface area is 105 Å². The monoisotopic (exact) mass is 270 g/mol. The first-order valence-electron chi connectivity index (χ1n) is 4.75. The zero-order chi connectivity index (χ0) is 13.3. The number of halogens is 3. The molecule has 0 bridgehead atoms. The summed E-state index contributed by atoms with van der Waals surface area (Å²) < 4.78 is 26.5. The molecular formula is C11H5ClF2N2O2. The summed E-state index contributed by atoms with van der Waals surface area (Å²) in [6, 6.07) is 4.82. The molecule has 92 valence electrons. The van der Waals surface area contributed by atoms with Crippen molar-refractivity contribution in [2.75, 3.05) is 0 Å². The molecule has 0 saturated carbocycles. The van der Waals surface area contributed by atoms with Crippen molar-refractivity contribution in [3.05, 3.63) is 57.2 Å². The van der Waals surface area contributed by atoms with Crippen molar-refractivity contribution in [3.63, 3.8) is 0 Å². The van der Waals surface area contributed by atoms with E-state index >= 15 is 0 Å². The third-order valence-corrected chi connectivity index (χ3v) is 2.39. The summed E-state index contributed by atoms with van der Waals surface area (Å²) in [5.74, 6) is -1.41. The molecule has 7 heteroatoms. The minimum atomic E-state index is -0.736. The van der Waals surface area contributed by atoms with Crippen LogP contribution in [0.5, 0.6) is 0 Å². The molecule has 0 fully saturated rings. The quantitative estimate of drug-likeness (QED) is 0.476. The molecule has 4 nitrogen and oxygen atoms in total. The fraction of sp³-hybridized carbons (Fsp3) is 0. The molecule has 1 aromatic heterocycles. The van der Waals surface area contributed by atoms with Crippen LogP contribution in [0.4, 0.5) is 14.5 Å². The maximum Gasteiger partial charge on any atom is 0.274 e. The van der Waals surface area contributed by atoms with E-state index in [4.69, 9.17) is 11.6 Å². The number of nitrogens with zero attached hydrogens (tertiary/aromatic N) is 2. The van der Waals surface area contributed by atoms with Gasteiger partial charge in [-0.15, -0.1) is 0 Å². The lowest BCUT2D eigenvalue weighted by Crippen LogP contribution is -1.94. The highest BCUT2D eigenvalue weighted by Crippen LogP contribution is 2.27. The van der Waals surface area contributed by atoms with Crippen LogP contribution >= 0.6 is 11.6 Å². The van der Waals surface area contributed by atoms with E-state index in [9.17, 15) is 18.9 Å². The molecule has 2 rings (SSSR count). The number of nitro groups is 1. The summed E-state index contributed by atoms with van der Waals surface area (Å²) in [6.07, 6.45) is 0. The fourth-order valence-electron chi connectivity index (χ4n) is 1.42. The van der Waals surface area contributed by atoms with Crippen LogP contribution in [0, 0.1) is 21.7 Å². The molecule has 0 radical (unpaired) electrons.